The maximum absolute atomic E-state index is 13.2. The van der Waals surface area contributed by atoms with Gasteiger partial charge in [-0.15, -0.1) is 0 Å². The maximum Gasteiger partial charge on any atom is 0.193 e. The van der Waals surface area contributed by atoms with E-state index in [0.29, 0.717) is 18.0 Å². The molecule has 3 rings (SSSR count). The number of hydrogen-bond donors (Lipinski definition) is 0. The predicted octanol–water partition coefficient (Wildman–Crippen LogP) is 7.97. The fourth-order valence-electron chi connectivity index (χ4n) is 5.95. The smallest absolute Gasteiger partial charge is 0.193 e. The lowest BCUT2D eigenvalue weighted by Crippen LogP contribution is -2.41. The van der Waals surface area contributed by atoms with Crippen molar-refractivity contribution in [2.45, 2.75) is 92.2 Å². The summed E-state index contributed by atoms with van der Waals surface area (Å²) in [5.74, 6) is 1.47. The molecule has 1 aliphatic rings. The fourth-order valence-corrected chi connectivity index (χ4v) is 5.95. The number of rotatable bonds is 11. The number of carbonyl (C=O) groups is 1. The van der Waals surface area contributed by atoms with Crippen LogP contribution in [0.1, 0.15) is 96.0 Å². The second-order valence-corrected chi connectivity index (χ2v) is 10.2. The Bertz CT molecular complexity index is 829. The van der Waals surface area contributed by atoms with E-state index in [-0.39, 0.29) is 5.78 Å². The minimum absolute atomic E-state index is 0.101. The Morgan fingerprint density at radius 3 is 1.85 bits per heavy atom. The van der Waals surface area contributed by atoms with Crippen LogP contribution >= 0.6 is 0 Å². The third-order valence-electron chi connectivity index (χ3n) is 8.19. The first kappa shape index (κ1) is 26.3. The van der Waals surface area contributed by atoms with Gasteiger partial charge in [0.1, 0.15) is 0 Å². The molecule has 0 amide bonds. The van der Waals surface area contributed by atoms with Gasteiger partial charge >= 0.3 is 0 Å². The number of carbonyl (C=O) groups excluding carboxylic acids is 1. The minimum atomic E-state index is 0.101. The highest BCUT2D eigenvalue weighted by Gasteiger charge is 2.27. The van der Waals surface area contributed by atoms with Crippen LogP contribution in [0.25, 0.3) is 0 Å². The zero-order valence-electron chi connectivity index (χ0n) is 22.4. The summed E-state index contributed by atoms with van der Waals surface area (Å²) in [5.41, 5.74) is 3.98. The van der Waals surface area contributed by atoms with E-state index in [0.717, 1.165) is 36.6 Å². The zero-order chi connectivity index (χ0) is 24.7. The predicted molar refractivity (Wildman–Crippen MR) is 147 cm³/mol. The van der Waals surface area contributed by atoms with Crippen LogP contribution in [0.2, 0.25) is 0 Å². The van der Waals surface area contributed by atoms with E-state index in [1.807, 2.05) is 24.3 Å². The summed E-state index contributed by atoms with van der Waals surface area (Å²) < 4.78 is 0. The van der Waals surface area contributed by atoms with Crippen LogP contribution in [-0.4, -0.2) is 31.0 Å². The number of nitrogens with zero attached hydrogens (tertiary/aromatic N) is 2. The number of anilines is 2. The molecule has 3 nitrogen and oxygen atoms in total. The molecular formula is C31H46N2O. The Morgan fingerprint density at radius 2 is 1.38 bits per heavy atom. The first-order valence-electron chi connectivity index (χ1n) is 13.7. The Hall–Kier alpha value is -2.29. The van der Waals surface area contributed by atoms with E-state index in [1.165, 1.54) is 43.5 Å². The molecule has 0 aromatic heterocycles. The highest BCUT2D eigenvalue weighted by molar-refractivity contribution is 6.09. The van der Waals surface area contributed by atoms with Gasteiger partial charge in [-0.1, -0.05) is 47.0 Å². The van der Waals surface area contributed by atoms with Crippen molar-refractivity contribution in [2.75, 3.05) is 22.9 Å². The van der Waals surface area contributed by atoms with Crippen LogP contribution in [0.4, 0.5) is 11.4 Å². The van der Waals surface area contributed by atoms with Crippen LogP contribution in [0.3, 0.4) is 0 Å². The topological polar surface area (TPSA) is 23.6 Å². The Labute approximate surface area is 208 Å². The van der Waals surface area contributed by atoms with E-state index in [1.54, 1.807) is 0 Å². The SMILES string of the molecule is CCC(C)C(CC)N(CC)c1ccc(C(=O)c2ccc(N(CC)C3CCCCC3C)cc2)cc1. The van der Waals surface area contributed by atoms with Gasteiger partial charge in [0.05, 0.1) is 0 Å². The van der Waals surface area contributed by atoms with Crippen molar-refractivity contribution in [3.05, 3.63) is 59.7 Å². The van der Waals surface area contributed by atoms with E-state index in [4.69, 9.17) is 0 Å². The quantitative estimate of drug-likeness (QED) is 0.316. The summed E-state index contributed by atoms with van der Waals surface area (Å²) in [7, 11) is 0. The van der Waals surface area contributed by atoms with Gasteiger partial charge < -0.3 is 9.80 Å². The zero-order valence-corrected chi connectivity index (χ0v) is 22.4. The van der Waals surface area contributed by atoms with Crippen molar-refractivity contribution in [3.8, 4) is 0 Å². The number of benzene rings is 2. The maximum atomic E-state index is 13.2. The van der Waals surface area contributed by atoms with Crippen LogP contribution < -0.4 is 9.80 Å². The average molecular weight is 463 g/mol. The fraction of sp³-hybridized carbons (Fsp3) is 0.581. The molecule has 4 unspecified atom stereocenters. The molecule has 0 heterocycles. The van der Waals surface area contributed by atoms with Gasteiger partial charge in [-0.25, -0.2) is 0 Å². The molecule has 0 N–H and O–H groups in total. The highest BCUT2D eigenvalue weighted by atomic mass is 16.1. The molecule has 2 aromatic rings. The first-order valence-corrected chi connectivity index (χ1v) is 13.7. The van der Waals surface area contributed by atoms with Crippen molar-refractivity contribution in [3.63, 3.8) is 0 Å². The van der Waals surface area contributed by atoms with Crippen molar-refractivity contribution >= 4 is 17.2 Å². The molecule has 0 bridgehead atoms. The van der Waals surface area contributed by atoms with Crippen molar-refractivity contribution < 1.29 is 4.79 Å². The normalized spacial score (nSPS) is 19.9. The van der Waals surface area contributed by atoms with Gasteiger partial charge in [0.15, 0.2) is 5.78 Å². The summed E-state index contributed by atoms with van der Waals surface area (Å²) in [6.45, 7) is 15.7. The molecule has 4 atom stereocenters. The van der Waals surface area contributed by atoms with Crippen molar-refractivity contribution in [1.82, 2.24) is 0 Å². The molecule has 0 spiro atoms. The van der Waals surface area contributed by atoms with Crippen LogP contribution in [0, 0.1) is 11.8 Å². The molecule has 0 saturated heterocycles. The van der Waals surface area contributed by atoms with E-state index >= 15 is 0 Å². The van der Waals surface area contributed by atoms with Gasteiger partial charge in [-0.2, -0.15) is 0 Å². The molecule has 186 valence electrons. The lowest BCUT2D eigenvalue weighted by atomic mass is 9.84. The lowest BCUT2D eigenvalue weighted by molar-refractivity contribution is 0.103. The van der Waals surface area contributed by atoms with Gasteiger partial charge in [0, 0.05) is 47.7 Å². The molecule has 1 aliphatic carbocycles. The molecule has 1 fully saturated rings. The number of hydrogen-bond acceptors (Lipinski definition) is 3. The third-order valence-corrected chi connectivity index (χ3v) is 8.19. The second kappa shape index (κ2) is 12.4. The average Bonchev–Trinajstić information content (AvgIpc) is 2.88. The van der Waals surface area contributed by atoms with E-state index in [2.05, 4.69) is 75.6 Å². The summed E-state index contributed by atoms with van der Waals surface area (Å²) in [5, 5.41) is 0. The van der Waals surface area contributed by atoms with Crippen LogP contribution in [0.5, 0.6) is 0 Å². The van der Waals surface area contributed by atoms with Crippen LogP contribution in [-0.2, 0) is 0 Å². The summed E-state index contributed by atoms with van der Waals surface area (Å²) in [4.78, 5) is 18.2. The first-order chi connectivity index (χ1) is 16.4. The molecule has 0 aliphatic heterocycles. The minimum Gasteiger partial charge on any atom is -0.369 e. The number of ketones is 1. The second-order valence-electron chi connectivity index (χ2n) is 10.2. The molecule has 1 saturated carbocycles. The summed E-state index contributed by atoms with van der Waals surface area (Å²) >= 11 is 0. The molecule has 3 heteroatoms. The van der Waals surface area contributed by atoms with Crippen molar-refractivity contribution in [1.29, 1.82) is 0 Å². The van der Waals surface area contributed by atoms with Gasteiger partial charge in [-0.05, 0) is 93.5 Å². The Kier molecular flexibility index (Phi) is 9.62. The lowest BCUT2D eigenvalue weighted by Gasteiger charge is -2.39. The van der Waals surface area contributed by atoms with Crippen molar-refractivity contribution in [2.24, 2.45) is 11.8 Å². The van der Waals surface area contributed by atoms with Gasteiger partial charge in [-0.3, -0.25) is 4.79 Å². The monoisotopic (exact) mass is 462 g/mol. The third kappa shape index (κ3) is 5.85. The van der Waals surface area contributed by atoms with E-state index in [9.17, 15) is 4.79 Å². The standard InChI is InChI=1S/C31H46N2O/c1-7-23(5)29(8-2)32(9-3)27-19-15-25(16-20-27)31(34)26-17-21-28(22-18-26)33(10-4)30-14-12-11-13-24(30)6/h15-24,29-30H,7-14H2,1-6H3. The largest absolute Gasteiger partial charge is 0.369 e. The molecule has 34 heavy (non-hydrogen) atoms. The molecule has 2 aromatic carbocycles. The summed E-state index contributed by atoms with van der Waals surface area (Å²) in [6.07, 6.45) is 7.57. The molecular weight excluding hydrogens is 416 g/mol. The highest BCUT2D eigenvalue weighted by Crippen LogP contribution is 2.32. The van der Waals surface area contributed by atoms with Gasteiger partial charge in [0.25, 0.3) is 0 Å². The Balaban J connectivity index is 1.74. The van der Waals surface area contributed by atoms with E-state index < -0.39 is 0 Å². The van der Waals surface area contributed by atoms with Gasteiger partial charge in [0.2, 0.25) is 0 Å². The summed E-state index contributed by atoms with van der Waals surface area (Å²) in [6, 6.07) is 17.7. The molecule has 0 radical (unpaired) electrons. The Morgan fingerprint density at radius 1 is 0.824 bits per heavy atom. The van der Waals surface area contributed by atoms with Crippen LogP contribution in [0.15, 0.2) is 48.5 Å².